The zero-order valence-electron chi connectivity index (χ0n) is 12.8. The van der Waals surface area contributed by atoms with Gasteiger partial charge in [0.25, 0.3) is 5.91 Å². The van der Waals surface area contributed by atoms with Crippen molar-refractivity contribution in [1.29, 1.82) is 0 Å². The lowest BCUT2D eigenvalue weighted by Crippen LogP contribution is -2.48. The van der Waals surface area contributed by atoms with Gasteiger partial charge in [0.05, 0.1) is 0 Å². The molecule has 1 aromatic rings. The van der Waals surface area contributed by atoms with Gasteiger partial charge in [0.2, 0.25) is 5.91 Å². The minimum Gasteiger partial charge on any atom is -0.484 e. The van der Waals surface area contributed by atoms with Crippen molar-refractivity contribution in [3.63, 3.8) is 0 Å². The number of rotatable bonds is 6. The second-order valence-corrected chi connectivity index (χ2v) is 5.26. The van der Waals surface area contributed by atoms with E-state index in [0.29, 0.717) is 18.8 Å². The highest BCUT2D eigenvalue weighted by atomic mass is 16.5. The largest absolute Gasteiger partial charge is 0.484 e. The smallest absolute Gasteiger partial charge is 0.260 e. The lowest BCUT2D eigenvalue weighted by molar-refractivity contribution is -0.134. The Balaban J connectivity index is 1.69. The van der Waals surface area contributed by atoms with Crippen LogP contribution < -0.4 is 10.1 Å². The number of nitrogens with one attached hydrogen (secondary N) is 1. The summed E-state index contributed by atoms with van der Waals surface area (Å²) in [5.41, 5.74) is 0. The molecule has 1 fully saturated rings. The molecular weight excluding hydrogens is 284 g/mol. The number of para-hydroxylation sites is 1. The molecule has 0 bridgehead atoms. The Hall–Kier alpha value is -2.08. The molecule has 6 heteroatoms. The summed E-state index contributed by atoms with van der Waals surface area (Å²) in [6.07, 6.45) is 1.51. The Morgan fingerprint density at radius 1 is 1.18 bits per heavy atom. The van der Waals surface area contributed by atoms with Crippen LogP contribution in [0.2, 0.25) is 0 Å². The number of carbonyl (C=O) groups excluding carboxylic acids is 2. The maximum Gasteiger partial charge on any atom is 0.260 e. The molecule has 2 amide bonds. The summed E-state index contributed by atoms with van der Waals surface area (Å²) < 4.78 is 10.3. The van der Waals surface area contributed by atoms with E-state index < -0.39 is 0 Å². The second-order valence-electron chi connectivity index (χ2n) is 5.26. The van der Waals surface area contributed by atoms with Crippen molar-refractivity contribution in [3.8, 4) is 5.75 Å². The van der Waals surface area contributed by atoms with Crippen LogP contribution in [0.15, 0.2) is 30.3 Å². The van der Waals surface area contributed by atoms with Crippen molar-refractivity contribution in [3.05, 3.63) is 30.3 Å². The number of methoxy groups -OCH3 is 1. The van der Waals surface area contributed by atoms with Crippen LogP contribution in [0.1, 0.15) is 12.8 Å². The molecule has 0 spiro atoms. The quantitative estimate of drug-likeness (QED) is 0.845. The number of ether oxygens (including phenoxy) is 2. The Kier molecular flexibility index (Phi) is 6.21. The molecule has 0 unspecified atom stereocenters. The van der Waals surface area contributed by atoms with E-state index >= 15 is 0 Å². The van der Waals surface area contributed by atoms with Gasteiger partial charge in [0, 0.05) is 26.2 Å². The zero-order chi connectivity index (χ0) is 15.8. The molecule has 2 rings (SSSR count). The third-order valence-electron chi connectivity index (χ3n) is 3.59. The maximum atomic E-state index is 12.1. The topological polar surface area (TPSA) is 67.9 Å². The van der Waals surface area contributed by atoms with Crippen LogP contribution in [0.5, 0.6) is 5.75 Å². The predicted octanol–water partition coefficient (Wildman–Crippen LogP) is 0.819. The number of hydrogen-bond donors (Lipinski definition) is 1. The van der Waals surface area contributed by atoms with E-state index in [1.807, 2.05) is 30.3 Å². The molecule has 6 nitrogen and oxygen atoms in total. The van der Waals surface area contributed by atoms with Gasteiger partial charge in [-0.1, -0.05) is 18.2 Å². The van der Waals surface area contributed by atoms with Crippen LogP contribution in [0.3, 0.4) is 0 Å². The van der Waals surface area contributed by atoms with Gasteiger partial charge < -0.3 is 19.7 Å². The van der Waals surface area contributed by atoms with E-state index in [1.165, 1.54) is 7.11 Å². The monoisotopic (exact) mass is 306 g/mol. The van der Waals surface area contributed by atoms with Crippen molar-refractivity contribution in [2.45, 2.75) is 18.9 Å². The van der Waals surface area contributed by atoms with Gasteiger partial charge in [-0.25, -0.2) is 0 Å². The van der Waals surface area contributed by atoms with Crippen LogP contribution >= 0.6 is 0 Å². The van der Waals surface area contributed by atoms with Crippen LogP contribution in [-0.2, 0) is 14.3 Å². The number of nitrogens with zero attached hydrogens (tertiary/aromatic N) is 1. The SMILES string of the molecule is COCC(=O)NC1CCN(C(=O)COc2ccccc2)CC1. The Labute approximate surface area is 130 Å². The molecule has 0 radical (unpaired) electrons. The molecule has 0 saturated carbocycles. The number of amides is 2. The van der Waals surface area contributed by atoms with Gasteiger partial charge in [0.1, 0.15) is 12.4 Å². The number of hydrogen-bond acceptors (Lipinski definition) is 4. The first-order valence-corrected chi connectivity index (χ1v) is 7.43. The van der Waals surface area contributed by atoms with Crippen molar-refractivity contribution >= 4 is 11.8 Å². The molecule has 0 aromatic heterocycles. The number of likely N-dealkylation sites (tertiary alicyclic amines) is 1. The summed E-state index contributed by atoms with van der Waals surface area (Å²) in [7, 11) is 1.49. The van der Waals surface area contributed by atoms with E-state index in [0.717, 1.165) is 12.8 Å². The Morgan fingerprint density at radius 3 is 2.50 bits per heavy atom. The van der Waals surface area contributed by atoms with Crippen LogP contribution in [0, 0.1) is 0 Å². The van der Waals surface area contributed by atoms with Gasteiger partial charge in [-0.15, -0.1) is 0 Å². The average Bonchev–Trinajstić information content (AvgIpc) is 2.54. The summed E-state index contributed by atoms with van der Waals surface area (Å²) in [5.74, 6) is 0.558. The normalized spacial score (nSPS) is 15.4. The minimum atomic E-state index is -0.111. The standard InChI is InChI=1S/C16H22N2O4/c1-21-11-15(19)17-13-7-9-18(10-8-13)16(20)12-22-14-5-3-2-4-6-14/h2-6,13H,7-12H2,1H3,(H,17,19). The molecule has 1 aromatic carbocycles. The summed E-state index contributed by atoms with van der Waals surface area (Å²) >= 11 is 0. The fraction of sp³-hybridized carbons (Fsp3) is 0.500. The van der Waals surface area contributed by atoms with E-state index in [2.05, 4.69) is 5.32 Å². The van der Waals surface area contributed by atoms with E-state index in [9.17, 15) is 9.59 Å². The first kappa shape index (κ1) is 16.3. The molecule has 1 aliphatic heterocycles. The average molecular weight is 306 g/mol. The third kappa shape index (κ3) is 5.04. The predicted molar refractivity (Wildman–Crippen MR) is 81.6 cm³/mol. The Bertz CT molecular complexity index is 484. The van der Waals surface area contributed by atoms with Crippen molar-refractivity contribution in [1.82, 2.24) is 10.2 Å². The first-order valence-electron chi connectivity index (χ1n) is 7.43. The van der Waals surface area contributed by atoms with Gasteiger partial charge in [-0.3, -0.25) is 9.59 Å². The molecule has 1 aliphatic rings. The first-order chi connectivity index (χ1) is 10.7. The summed E-state index contributed by atoms with van der Waals surface area (Å²) in [6, 6.07) is 9.40. The third-order valence-corrected chi connectivity index (χ3v) is 3.59. The zero-order valence-corrected chi connectivity index (χ0v) is 12.8. The lowest BCUT2D eigenvalue weighted by atomic mass is 10.1. The highest BCUT2D eigenvalue weighted by molar-refractivity contribution is 5.78. The van der Waals surface area contributed by atoms with Crippen molar-refractivity contribution in [2.75, 3.05) is 33.4 Å². The van der Waals surface area contributed by atoms with Crippen molar-refractivity contribution < 1.29 is 19.1 Å². The van der Waals surface area contributed by atoms with Gasteiger partial charge in [-0.05, 0) is 25.0 Å². The lowest BCUT2D eigenvalue weighted by Gasteiger charge is -2.32. The molecule has 1 heterocycles. The summed E-state index contributed by atoms with van der Waals surface area (Å²) in [6.45, 7) is 1.39. The molecule has 0 atom stereocenters. The highest BCUT2D eigenvalue weighted by Gasteiger charge is 2.23. The van der Waals surface area contributed by atoms with Crippen LogP contribution in [0.25, 0.3) is 0 Å². The minimum absolute atomic E-state index is 0.0227. The molecule has 120 valence electrons. The number of benzene rings is 1. The number of carbonyl (C=O) groups is 2. The van der Waals surface area contributed by atoms with Gasteiger partial charge >= 0.3 is 0 Å². The van der Waals surface area contributed by atoms with Gasteiger partial charge in [0.15, 0.2) is 6.61 Å². The molecule has 1 N–H and O–H groups in total. The van der Waals surface area contributed by atoms with E-state index in [4.69, 9.17) is 9.47 Å². The molecular formula is C16H22N2O4. The molecule has 1 saturated heterocycles. The van der Waals surface area contributed by atoms with Crippen LogP contribution in [-0.4, -0.2) is 56.2 Å². The fourth-order valence-electron chi connectivity index (χ4n) is 2.43. The van der Waals surface area contributed by atoms with Crippen LogP contribution in [0.4, 0.5) is 0 Å². The molecule has 0 aliphatic carbocycles. The summed E-state index contributed by atoms with van der Waals surface area (Å²) in [5, 5.41) is 2.90. The van der Waals surface area contributed by atoms with E-state index in [1.54, 1.807) is 4.90 Å². The second kappa shape index (κ2) is 8.38. The Morgan fingerprint density at radius 2 is 1.86 bits per heavy atom. The summed E-state index contributed by atoms with van der Waals surface area (Å²) in [4.78, 5) is 25.3. The van der Waals surface area contributed by atoms with Crippen molar-refractivity contribution in [2.24, 2.45) is 0 Å². The van der Waals surface area contributed by atoms with Gasteiger partial charge in [-0.2, -0.15) is 0 Å². The number of piperidine rings is 1. The highest BCUT2D eigenvalue weighted by Crippen LogP contribution is 2.12. The fourth-order valence-corrected chi connectivity index (χ4v) is 2.43. The molecule has 22 heavy (non-hydrogen) atoms. The maximum absolute atomic E-state index is 12.1. The van der Waals surface area contributed by atoms with E-state index in [-0.39, 0.29) is 31.1 Å².